The number of fused-ring (bicyclic) bond motifs is 1. The van der Waals surface area contributed by atoms with E-state index in [2.05, 4.69) is 5.10 Å². The summed E-state index contributed by atoms with van der Waals surface area (Å²) < 4.78 is 22.8. The Bertz CT molecular complexity index is 713. The summed E-state index contributed by atoms with van der Waals surface area (Å²) in [6, 6.07) is 3.52. The molecule has 0 atom stereocenters. The standard InChI is InChI=1S/C8H8N4O4S/c1-17(15,16)5-2-3-6-7(4-5)11(13)8(9)10-12(6)14/h2-4H,1H3,(H2,9,10). The minimum Gasteiger partial charge on any atom is -0.739 e. The topological polar surface area (TPSA) is 127 Å². The SMILES string of the molecule is CS(=O)(=O)c1ccc2c(c1)[n+]([O-])c(N)n[n+]2[O-]. The van der Waals surface area contributed by atoms with Gasteiger partial charge < -0.3 is 10.4 Å². The van der Waals surface area contributed by atoms with Crippen molar-refractivity contribution in [3.8, 4) is 0 Å². The van der Waals surface area contributed by atoms with Gasteiger partial charge in [0, 0.05) is 23.2 Å². The second kappa shape index (κ2) is 3.42. The third kappa shape index (κ3) is 1.80. The molecule has 0 saturated carbocycles. The molecule has 0 aliphatic rings. The zero-order valence-corrected chi connectivity index (χ0v) is 9.51. The van der Waals surface area contributed by atoms with Crippen LogP contribution in [0.3, 0.4) is 0 Å². The third-order valence-electron chi connectivity index (χ3n) is 2.20. The second-order valence-corrected chi connectivity index (χ2v) is 5.46. The molecule has 0 aliphatic carbocycles. The Morgan fingerprint density at radius 3 is 2.53 bits per heavy atom. The highest BCUT2D eigenvalue weighted by Crippen LogP contribution is 2.13. The van der Waals surface area contributed by atoms with Gasteiger partial charge in [0.15, 0.2) is 15.4 Å². The van der Waals surface area contributed by atoms with Crippen molar-refractivity contribution in [3.63, 3.8) is 0 Å². The largest absolute Gasteiger partial charge is 0.739 e. The van der Waals surface area contributed by atoms with E-state index in [9.17, 15) is 18.8 Å². The predicted octanol–water partition coefficient (Wildman–Crippen LogP) is -1.51. The van der Waals surface area contributed by atoms with Crippen LogP contribution in [0.5, 0.6) is 0 Å². The molecule has 90 valence electrons. The lowest BCUT2D eigenvalue weighted by molar-refractivity contribution is -0.672. The molecule has 0 fully saturated rings. The minimum atomic E-state index is -3.46. The van der Waals surface area contributed by atoms with Gasteiger partial charge in [-0.1, -0.05) is 0 Å². The van der Waals surface area contributed by atoms with Crippen LogP contribution < -0.4 is 15.3 Å². The first-order valence-electron chi connectivity index (χ1n) is 4.43. The van der Waals surface area contributed by atoms with Crippen LogP contribution in [0, 0.1) is 10.4 Å². The Kier molecular flexibility index (Phi) is 2.28. The Morgan fingerprint density at radius 1 is 1.29 bits per heavy atom. The molecule has 9 heteroatoms. The first kappa shape index (κ1) is 11.3. The van der Waals surface area contributed by atoms with Gasteiger partial charge in [0.1, 0.15) is 0 Å². The molecule has 0 radical (unpaired) electrons. The summed E-state index contributed by atoms with van der Waals surface area (Å²) in [5.41, 5.74) is 5.02. The van der Waals surface area contributed by atoms with E-state index in [1.54, 1.807) is 0 Å². The number of hydrogen-bond donors (Lipinski definition) is 1. The highest BCUT2D eigenvalue weighted by molar-refractivity contribution is 7.90. The van der Waals surface area contributed by atoms with E-state index in [0.717, 1.165) is 12.3 Å². The van der Waals surface area contributed by atoms with Gasteiger partial charge in [-0.2, -0.15) is 0 Å². The highest BCUT2D eigenvalue weighted by Gasteiger charge is 2.19. The van der Waals surface area contributed by atoms with Crippen LogP contribution in [0.2, 0.25) is 0 Å². The lowest BCUT2D eigenvalue weighted by Gasteiger charge is -2.07. The van der Waals surface area contributed by atoms with E-state index < -0.39 is 15.8 Å². The summed E-state index contributed by atoms with van der Waals surface area (Å²) in [7, 11) is -3.46. The molecular weight excluding hydrogens is 248 g/mol. The van der Waals surface area contributed by atoms with Crippen molar-refractivity contribution in [2.24, 2.45) is 0 Å². The van der Waals surface area contributed by atoms with Crippen molar-refractivity contribution in [1.29, 1.82) is 0 Å². The fourth-order valence-corrected chi connectivity index (χ4v) is 2.01. The molecule has 0 unspecified atom stereocenters. The Balaban J connectivity index is 2.91. The first-order valence-corrected chi connectivity index (χ1v) is 6.32. The van der Waals surface area contributed by atoms with Gasteiger partial charge in [-0.3, -0.25) is 5.73 Å². The maximum absolute atomic E-state index is 11.5. The zero-order chi connectivity index (χ0) is 12.8. The van der Waals surface area contributed by atoms with Gasteiger partial charge in [-0.05, 0) is 6.07 Å². The fraction of sp³-hybridized carbons (Fsp3) is 0.125. The third-order valence-corrected chi connectivity index (χ3v) is 3.31. The number of rotatable bonds is 1. The number of nitrogens with zero attached hydrogens (tertiary/aromatic N) is 3. The number of nitrogens with two attached hydrogens (primary N) is 1. The number of anilines is 1. The van der Waals surface area contributed by atoms with Crippen molar-refractivity contribution >= 4 is 26.8 Å². The van der Waals surface area contributed by atoms with E-state index in [1.165, 1.54) is 12.1 Å². The smallest absolute Gasteiger partial charge is 0.458 e. The number of sulfone groups is 1. The maximum atomic E-state index is 11.5. The van der Waals surface area contributed by atoms with Crippen molar-refractivity contribution in [2.75, 3.05) is 12.0 Å². The highest BCUT2D eigenvalue weighted by atomic mass is 32.2. The van der Waals surface area contributed by atoms with Gasteiger partial charge in [-0.25, -0.2) is 13.1 Å². The van der Waals surface area contributed by atoms with Crippen molar-refractivity contribution in [2.45, 2.75) is 4.90 Å². The van der Waals surface area contributed by atoms with Crippen LogP contribution >= 0.6 is 0 Å². The van der Waals surface area contributed by atoms with Gasteiger partial charge in [0.05, 0.1) is 4.90 Å². The summed E-state index contributed by atoms with van der Waals surface area (Å²) in [5, 5.41) is 26.1. The van der Waals surface area contributed by atoms with Gasteiger partial charge in [-0.15, -0.1) is 0 Å². The lowest BCUT2D eigenvalue weighted by Crippen LogP contribution is -2.44. The monoisotopic (exact) mass is 256 g/mol. The summed E-state index contributed by atoms with van der Waals surface area (Å²) in [4.78, 5) is 0.102. The average Bonchev–Trinajstić information content (AvgIpc) is 2.24. The predicted molar refractivity (Wildman–Crippen MR) is 57.2 cm³/mol. The molecule has 0 bridgehead atoms. The fourth-order valence-electron chi connectivity index (χ4n) is 1.37. The quantitative estimate of drug-likeness (QED) is 0.488. The van der Waals surface area contributed by atoms with E-state index in [-0.39, 0.29) is 25.5 Å². The molecule has 0 saturated heterocycles. The number of nitrogen functional groups attached to an aromatic ring is 1. The molecule has 2 N–H and O–H groups in total. The minimum absolute atomic E-state index is 0.0541. The molecule has 17 heavy (non-hydrogen) atoms. The number of benzene rings is 1. The number of aromatic nitrogens is 3. The molecule has 0 aliphatic heterocycles. The van der Waals surface area contributed by atoms with Gasteiger partial charge in [0.2, 0.25) is 5.10 Å². The van der Waals surface area contributed by atoms with Crippen LogP contribution in [-0.4, -0.2) is 19.8 Å². The molecule has 8 nitrogen and oxygen atoms in total. The van der Waals surface area contributed by atoms with Crippen LogP contribution in [0.4, 0.5) is 5.95 Å². The first-order chi connectivity index (χ1) is 7.80. The summed E-state index contributed by atoms with van der Waals surface area (Å²) >= 11 is 0. The molecule has 2 rings (SSSR count). The maximum Gasteiger partial charge on any atom is 0.458 e. The van der Waals surface area contributed by atoms with Crippen molar-refractivity contribution < 1.29 is 18.0 Å². The summed E-state index contributed by atoms with van der Waals surface area (Å²) in [6.45, 7) is 0. The molecule has 1 heterocycles. The van der Waals surface area contributed by atoms with Crippen LogP contribution in [0.15, 0.2) is 23.1 Å². The van der Waals surface area contributed by atoms with Crippen molar-refractivity contribution in [3.05, 3.63) is 28.6 Å². The van der Waals surface area contributed by atoms with Gasteiger partial charge in [0.25, 0.3) is 5.52 Å². The van der Waals surface area contributed by atoms with E-state index in [4.69, 9.17) is 5.73 Å². The van der Waals surface area contributed by atoms with Crippen LogP contribution in [0.1, 0.15) is 0 Å². The number of hydrogen-bond acceptors (Lipinski definition) is 6. The molecule has 1 aromatic carbocycles. The van der Waals surface area contributed by atoms with Crippen LogP contribution in [0.25, 0.3) is 11.0 Å². The molecule has 1 aromatic heterocycles. The molecule has 2 aromatic rings. The van der Waals surface area contributed by atoms with Crippen LogP contribution in [-0.2, 0) is 9.84 Å². The summed E-state index contributed by atoms with van der Waals surface area (Å²) in [6.07, 6.45) is 0.999. The van der Waals surface area contributed by atoms with E-state index >= 15 is 0 Å². The molecular formula is C8H8N4O4S. The van der Waals surface area contributed by atoms with E-state index in [0.29, 0.717) is 0 Å². The van der Waals surface area contributed by atoms with E-state index in [1.807, 2.05) is 0 Å². The van der Waals surface area contributed by atoms with Crippen molar-refractivity contribution in [1.82, 2.24) is 5.10 Å². The Labute approximate surface area is 96.0 Å². The second-order valence-electron chi connectivity index (χ2n) is 3.45. The Hall–Kier alpha value is -2.16. The zero-order valence-electron chi connectivity index (χ0n) is 8.69. The lowest BCUT2D eigenvalue weighted by atomic mass is 10.3. The summed E-state index contributed by atoms with van der Waals surface area (Å²) in [5.74, 6) is -0.543. The normalized spacial score (nSPS) is 11.8. The van der Waals surface area contributed by atoms with Gasteiger partial charge >= 0.3 is 5.95 Å². The molecule has 0 amide bonds. The Morgan fingerprint density at radius 2 is 1.94 bits per heavy atom. The average molecular weight is 256 g/mol. The molecule has 0 spiro atoms.